The van der Waals surface area contributed by atoms with Crippen molar-refractivity contribution >= 4 is 27.5 Å². The highest BCUT2D eigenvalue weighted by atomic mass is 79.9. The van der Waals surface area contributed by atoms with Gasteiger partial charge in [0.2, 0.25) is 5.91 Å². The quantitative estimate of drug-likeness (QED) is 0.948. The zero-order chi connectivity index (χ0) is 13.1. The van der Waals surface area contributed by atoms with Crippen LogP contribution in [0, 0.1) is 6.92 Å². The number of hydrogen-bond acceptors (Lipinski definition) is 3. The first-order valence-electron chi connectivity index (χ1n) is 5.50. The summed E-state index contributed by atoms with van der Waals surface area (Å²) in [6.45, 7) is 3.68. The number of carbonyl (C=O) groups excluding carboxylic acids is 1. The molecule has 0 saturated carbocycles. The second kappa shape index (κ2) is 5.30. The first-order chi connectivity index (χ1) is 8.58. The van der Waals surface area contributed by atoms with E-state index in [9.17, 15) is 4.79 Å². The predicted molar refractivity (Wildman–Crippen MR) is 72.2 cm³/mol. The van der Waals surface area contributed by atoms with Gasteiger partial charge in [-0.25, -0.2) is 0 Å². The number of pyridine rings is 1. The monoisotopic (exact) mass is 308 g/mol. The summed E-state index contributed by atoms with van der Waals surface area (Å²) >= 11 is 3.38. The number of nitrogens with zero attached hydrogens (tertiary/aromatic N) is 3. The molecule has 94 valence electrons. The normalized spacial score (nSPS) is 12.2. The van der Waals surface area contributed by atoms with Crippen LogP contribution in [-0.4, -0.2) is 20.7 Å². The molecule has 2 aromatic rings. The van der Waals surface area contributed by atoms with Gasteiger partial charge in [0.05, 0.1) is 10.2 Å². The Labute approximate surface area is 113 Å². The molecule has 2 rings (SSSR count). The molecule has 0 aliphatic carbocycles. The van der Waals surface area contributed by atoms with Gasteiger partial charge in [0.1, 0.15) is 6.04 Å². The third-order valence-electron chi connectivity index (χ3n) is 2.58. The Morgan fingerprint density at radius 2 is 2.11 bits per heavy atom. The lowest BCUT2D eigenvalue weighted by Gasteiger charge is -2.12. The van der Waals surface area contributed by atoms with Crippen LogP contribution in [0.3, 0.4) is 0 Å². The van der Waals surface area contributed by atoms with E-state index >= 15 is 0 Å². The summed E-state index contributed by atoms with van der Waals surface area (Å²) in [5, 5.41) is 7.08. The maximum Gasteiger partial charge on any atom is 0.248 e. The van der Waals surface area contributed by atoms with Crippen LogP contribution < -0.4 is 5.32 Å². The van der Waals surface area contributed by atoms with Crippen molar-refractivity contribution in [2.75, 3.05) is 5.32 Å². The maximum atomic E-state index is 12.0. The summed E-state index contributed by atoms with van der Waals surface area (Å²) in [7, 11) is 0. The largest absolute Gasteiger partial charge is 0.324 e. The Kier molecular flexibility index (Phi) is 3.76. The number of nitrogens with one attached hydrogen (secondary N) is 1. The average molecular weight is 309 g/mol. The van der Waals surface area contributed by atoms with Crippen LogP contribution >= 0.6 is 15.9 Å². The topological polar surface area (TPSA) is 59.8 Å². The molecule has 0 bridgehead atoms. The molecule has 0 aliphatic rings. The summed E-state index contributed by atoms with van der Waals surface area (Å²) in [6, 6.07) is 3.12. The standard InChI is InChI=1S/C12H13BrN4O/c1-8-11(13)7-17(16-8)9(2)12(18)15-10-3-5-14-6-4-10/h3-7,9H,1-2H3,(H,14,15,18). The fourth-order valence-electron chi connectivity index (χ4n) is 1.46. The van der Waals surface area contributed by atoms with Gasteiger partial charge in [0.25, 0.3) is 0 Å². The lowest BCUT2D eigenvalue weighted by atomic mass is 10.3. The number of halogens is 1. The molecule has 1 unspecified atom stereocenters. The number of carbonyl (C=O) groups is 1. The van der Waals surface area contributed by atoms with Crippen molar-refractivity contribution in [1.29, 1.82) is 0 Å². The van der Waals surface area contributed by atoms with Gasteiger partial charge in [0.15, 0.2) is 0 Å². The summed E-state index contributed by atoms with van der Waals surface area (Å²) in [4.78, 5) is 15.9. The van der Waals surface area contributed by atoms with Crippen molar-refractivity contribution in [3.63, 3.8) is 0 Å². The van der Waals surface area contributed by atoms with Crippen LogP contribution in [0.2, 0.25) is 0 Å². The molecule has 0 saturated heterocycles. The first kappa shape index (κ1) is 12.8. The van der Waals surface area contributed by atoms with Crippen molar-refractivity contribution in [1.82, 2.24) is 14.8 Å². The SMILES string of the molecule is Cc1nn(C(C)C(=O)Nc2ccncc2)cc1Br. The fraction of sp³-hybridized carbons (Fsp3) is 0.250. The molecule has 0 radical (unpaired) electrons. The van der Waals surface area contributed by atoms with Gasteiger partial charge in [-0.15, -0.1) is 0 Å². The minimum atomic E-state index is -0.372. The summed E-state index contributed by atoms with van der Waals surface area (Å²) < 4.78 is 2.53. The highest BCUT2D eigenvalue weighted by molar-refractivity contribution is 9.10. The number of hydrogen-bond donors (Lipinski definition) is 1. The number of aryl methyl sites for hydroxylation is 1. The smallest absolute Gasteiger partial charge is 0.248 e. The third kappa shape index (κ3) is 2.76. The molecule has 0 spiro atoms. The lowest BCUT2D eigenvalue weighted by molar-refractivity contribution is -0.119. The molecule has 5 nitrogen and oxygen atoms in total. The molecular weight excluding hydrogens is 296 g/mol. The van der Waals surface area contributed by atoms with Gasteiger partial charge in [-0.3, -0.25) is 14.5 Å². The van der Waals surface area contributed by atoms with Gasteiger partial charge >= 0.3 is 0 Å². The summed E-state index contributed by atoms with van der Waals surface area (Å²) in [6.07, 6.45) is 5.07. The zero-order valence-electron chi connectivity index (χ0n) is 10.1. The van der Waals surface area contributed by atoms with E-state index in [-0.39, 0.29) is 11.9 Å². The molecule has 1 N–H and O–H groups in total. The van der Waals surface area contributed by atoms with Crippen molar-refractivity contribution in [3.05, 3.63) is 40.9 Å². The van der Waals surface area contributed by atoms with Crippen molar-refractivity contribution in [2.45, 2.75) is 19.9 Å². The van der Waals surface area contributed by atoms with E-state index in [1.165, 1.54) is 0 Å². The van der Waals surface area contributed by atoms with Crippen molar-refractivity contribution < 1.29 is 4.79 Å². The Hall–Kier alpha value is -1.69. The molecule has 2 heterocycles. The Morgan fingerprint density at radius 1 is 1.44 bits per heavy atom. The highest BCUT2D eigenvalue weighted by Crippen LogP contribution is 2.17. The van der Waals surface area contributed by atoms with Gasteiger partial charge in [-0.1, -0.05) is 0 Å². The number of rotatable bonds is 3. The molecule has 1 amide bonds. The van der Waals surface area contributed by atoms with Crippen LogP contribution in [0.5, 0.6) is 0 Å². The van der Waals surface area contributed by atoms with Crippen molar-refractivity contribution in [2.24, 2.45) is 0 Å². The third-order valence-corrected chi connectivity index (χ3v) is 3.36. The van der Waals surface area contributed by atoms with Crippen LogP contribution in [0.1, 0.15) is 18.7 Å². The van der Waals surface area contributed by atoms with E-state index in [0.29, 0.717) is 0 Å². The zero-order valence-corrected chi connectivity index (χ0v) is 11.7. The first-order valence-corrected chi connectivity index (χ1v) is 6.29. The Morgan fingerprint density at radius 3 is 2.67 bits per heavy atom. The average Bonchev–Trinajstić information content (AvgIpc) is 2.70. The lowest BCUT2D eigenvalue weighted by Crippen LogP contribution is -2.24. The molecule has 0 fully saturated rings. The van der Waals surface area contributed by atoms with E-state index in [1.54, 1.807) is 42.3 Å². The van der Waals surface area contributed by atoms with Crippen LogP contribution in [-0.2, 0) is 4.79 Å². The molecule has 0 aromatic carbocycles. The van der Waals surface area contributed by atoms with Crippen LogP contribution in [0.15, 0.2) is 35.2 Å². The summed E-state index contributed by atoms with van der Waals surface area (Å²) in [5.41, 5.74) is 1.59. The van der Waals surface area contributed by atoms with Gasteiger partial charge in [-0.2, -0.15) is 5.10 Å². The van der Waals surface area contributed by atoms with Gasteiger partial charge in [-0.05, 0) is 41.9 Å². The Bertz CT molecular complexity index is 533. The fourth-order valence-corrected chi connectivity index (χ4v) is 1.75. The van der Waals surface area contributed by atoms with Crippen molar-refractivity contribution in [3.8, 4) is 0 Å². The van der Waals surface area contributed by atoms with Gasteiger partial charge in [0, 0.05) is 24.3 Å². The molecule has 6 heteroatoms. The van der Waals surface area contributed by atoms with E-state index in [2.05, 4.69) is 31.3 Å². The Balaban J connectivity index is 2.09. The number of anilines is 1. The molecular formula is C12H13BrN4O. The molecule has 18 heavy (non-hydrogen) atoms. The van der Waals surface area contributed by atoms with E-state index in [1.807, 2.05) is 6.92 Å². The number of amides is 1. The van der Waals surface area contributed by atoms with E-state index < -0.39 is 0 Å². The van der Waals surface area contributed by atoms with E-state index in [0.717, 1.165) is 15.9 Å². The second-order valence-corrected chi connectivity index (χ2v) is 4.80. The minimum Gasteiger partial charge on any atom is -0.324 e. The summed E-state index contributed by atoms with van der Waals surface area (Å²) in [5.74, 6) is -0.115. The van der Waals surface area contributed by atoms with Crippen LogP contribution in [0.4, 0.5) is 5.69 Å². The maximum absolute atomic E-state index is 12.0. The minimum absolute atomic E-state index is 0.115. The second-order valence-electron chi connectivity index (χ2n) is 3.94. The molecule has 2 aromatic heterocycles. The highest BCUT2D eigenvalue weighted by Gasteiger charge is 2.16. The predicted octanol–water partition coefficient (Wildman–Crippen LogP) is 2.55. The van der Waals surface area contributed by atoms with Gasteiger partial charge < -0.3 is 5.32 Å². The molecule has 1 atom stereocenters. The number of aromatic nitrogens is 3. The van der Waals surface area contributed by atoms with Crippen LogP contribution in [0.25, 0.3) is 0 Å². The molecule has 0 aliphatic heterocycles. The van der Waals surface area contributed by atoms with E-state index in [4.69, 9.17) is 0 Å².